The van der Waals surface area contributed by atoms with E-state index in [0.29, 0.717) is 23.3 Å². The quantitative estimate of drug-likeness (QED) is 0.445. The number of hydrogen-bond donors (Lipinski definition) is 1. The van der Waals surface area contributed by atoms with E-state index in [-0.39, 0.29) is 5.92 Å². The molecule has 1 heterocycles. The van der Waals surface area contributed by atoms with Crippen LogP contribution in [0.25, 0.3) is 0 Å². The second-order valence-corrected chi connectivity index (χ2v) is 6.86. The van der Waals surface area contributed by atoms with Gasteiger partial charge in [-0.3, -0.25) is 19.3 Å². The molecule has 3 rings (SSSR count). The fraction of sp³-hybridized carbons (Fsp3) is 0.273. The van der Waals surface area contributed by atoms with Crippen molar-refractivity contribution in [3.05, 3.63) is 65.2 Å². The van der Waals surface area contributed by atoms with E-state index in [1.165, 1.54) is 6.21 Å². The van der Waals surface area contributed by atoms with Crippen LogP contribution in [0.3, 0.4) is 0 Å². The van der Waals surface area contributed by atoms with Gasteiger partial charge in [0.25, 0.3) is 17.7 Å². The Bertz CT molecular complexity index is 918. The molecule has 0 spiro atoms. The second-order valence-electron chi connectivity index (χ2n) is 6.86. The largest absolute Gasteiger partial charge is 0.497 e. The molecular weight excluding hydrogens is 370 g/mol. The predicted molar refractivity (Wildman–Crippen MR) is 109 cm³/mol. The molecule has 3 amide bonds. The van der Waals surface area contributed by atoms with Crippen molar-refractivity contribution in [1.82, 2.24) is 10.3 Å². The fourth-order valence-corrected chi connectivity index (χ4v) is 3.24. The van der Waals surface area contributed by atoms with E-state index in [0.717, 1.165) is 10.5 Å². The van der Waals surface area contributed by atoms with Gasteiger partial charge in [-0.15, -0.1) is 0 Å². The Hall–Kier alpha value is -3.48. The van der Waals surface area contributed by atoms with E-state index in [1.807, 2.05) is 13.8 Å². The summed E-state index contributed by atoms with van der Waals surface area (Å²) in [5.74, 6) is -0.920. The molecule has 1 aliphatic heterocycles. The van der Waals surface area contributed by atoms with Gasteiger partial charge < -0.3 is 4.74 Å². The minimum Gasteiger partial charge on any atom is -0.497 e. The third kappa shape index (κ3) is 4.03. The van der Waals surface area contributed by atoms with Crippen LogP contribution in [0.15, 0.2) is 53.6 Å². The summed E-state index contributed by atoms with van der Waals surface area (Å²) < 4.78 is 5.10. The fourth-order valence-electron chi connectivity index (χ4n) is 3.24. The minimum atomic E-state index is -0.944. The average molecular weight is 393 g/mol. The summed E-state index contributed by atoms with van der Waals surface area (Å²) in [4.78, 5) is 39.5. The zero-order valence-corrected chi connectivity index (χ0v) is 16.6. The van der Waals surface area contributed by atoms with Gasteiger partial charge in [-0.25, -0.2) is 5.43 Å². The molecule has 2 aromatic rings. The first-order chi connectivity index (χ1) is 14.0. The van der Waals surface area contributed by atoms with Gasteiger partial charge in [0.2, 0.25) is 0 Å². The summed E-state index contributed by atoms with van der Waals surface area (Å²) in [6, 6.07) is 12.8. The number of imide groups is 1. The summed E-state index contributed by atoms with van der Waals surface area (Å²) in [5.41, 5.74) is 3.88. The molecule has 7 nitrogen and oxygen atoms in total. The summed E-state index contributed by atoms with van der Waals surface area (Å²) in [7, 11) is 1.58. The van der Waals surface area contributed by atoms with Gasteiger partial charge in [0, 0.05) is 0 Å². The maximum absolute atomic E-state index is 12.9. The number of nitrogens with one attached hydrogen (secondary N) is 1. The number of methoxy groups -OCH3 is 1. The van der Waals surface area contributed by atoms with Crippen LogP contribution >= 0.6 is 0 Å². The summed E-state index contributed by atoms with van der Waals surface area (Å²) in [5, 5.41) is 3.99. The highest BCUT2D eigenvalue weighted by Crippen LogP contribution is 2.28. The Balaban J connectivity index is 1.78. The van der Waals surface area contributed by atoms with Crippen LogP contribution in [-0.2, 0) is 4.79 Å². The molecule has 1 N–H and O–H groups in total. The second kappa shape index (κ2) is 8.68. The van der Waals surface area contributed by atoms with Crippen LogP contribution in [0.5, 0.6) is 5.75 Å². The Morgan fingerprint density at radius 3 is 2.21 bits per heavy atom. The van der Waals surface area contributed by atoms with Crippen LogP contribution in [0, 0.1) is 5.92 Å². The highest BCUT2D eigenvalue weighted by Gasteiger charge is 2.44. The smallest absolute Gasteiger partial charge is 0.263 e. The third-order valence-electron chi connectivity index (χ3n) is 5.06. The van der Waals surface area contributed by atoms with Gasteiger partial charge >= 0.3 is 0 Å². The Kier molecular flexibility index (Phi) is 6.07. The molecule has 7 heteroatoms. The normalized spacial score (nSPS) is 15.3. The monoisotopic (exact) mass is 393 g/mol. The highest BCUT2D eigenvalue weighted by molar-refractivity contribution is 6.22. The molecule has 2 aromatic carbocycles. The molecule has 2 atom stereocenters. The van der Waals surface area contributed by atoms with Crippen LogP contribution in [0.2, 0.25) is 0 Å². The van der Waals surface area contributed by atoms with E-state index in [2.05, 4.69) is 10.5 Å². The number of hydrogen-bond acceptors (Lipinski definition) is 5. The molecule has 0 saturated heterocycles. The topological polar surface area (TPSA) is 88.1 Å². The number of ether oxygens (including phenoxy) is 1. The van der Waals surface area contributed by atoms with Gasteiger partial charge in [-0.1, -0.05) is 32.4 Å². The third-order valence-corrected chi connectivity index (χ3v) is 5.06. The van der Waals surface area contributed by atoms with Crippen LogP contribution in [0.4, 0.5) is 0 Å². The van der Waals surface area contributed by atoms with Gasteiger partial charge in [-0.05, 0) is 47.9 Å². The summed E-state index contributed by atoms with van der Waals surface area (Å²) in [6.45, 7) is 3.74. The van der Waals surface area contributed by atoms with Crippen LogP contribution in [-0.4, -0.2) is 42.0 Å². The van der Waals surface area contributed by atoms with E-state index in [4.69, 9.17) is 4.74 Å². The maximum atomic E-state index is 12.9. The van der Waals surface area contributed by atoms with Crippen molar-refractivity contribution in [3.63, 3.8) is 0 Å². The number of amides is 3. The van der Waals surface area contributed by atoms with Gasteiger partial charge in [0.1, 0.15) is 11.8 Å². The molecule has 150 valence electrons. The number of hydrazone groups is 1. The number of nitrogens with zero attached hydrogens (tertiary/aromatic N) is 2. The zero-order chi connectivity index (χ0) is 21.0. The number of benzene rings is 2. The molecule has 0 unspecified atom stereocenters. The van der Waals surface area contributed by atoms with Crippen molar-refractivity contribution in [3.8, 4) is 5.75 Å². The molecule has 1 aliphatic rings. The van der Waals surface area contributed by atoms with Crippen molar-refractivity contribution < 1.29 is 19.1 Å². The standard InChI is InChI=1S/C22H23N3O4/c1-4-14(2)19(25-21(27)17-7-5-6-8-18(17)22(25)28)20(26)24-23-13-15-9-11-16(29-3)12-10-15/h5-14,19H,4H2,1-3H3,(H,24,26)/b23-13-/t14-,19-/m0/s1. The van der Waals surface area contributed by atoms with Gasteiger partial charge in [0.15, 0.2) is 0 Å². The lowest BCUT2D eigenvalue weighted by Crippen LogP contribution is -2.51. The Morgan fingerprint density at radius 1 is 1.10 bits per heavy atom. The highest BCUT2D eigenvalue weighted by atomic mass is 16.5. The van der Waals surface area contributed by atoms with Crippen molar-refractivity contribution in [2.75, 3.05) is 7.11 Å². The molecule has 0 saturated carbocycles. The number of carbonyl (C=O) groups is 3. The van der Waals surface area contributed by atoms with Crippen molar-refractivity contribution >= 4 is 23.9 Å². The molecular formula is C22H23N3O4. The van der Waals surface area contributed by atoms with Crippen LogP contribution in [0.1, 0.15) is 46.5 Å². The number of fused-ring (bicyclic) bond motifs is 1. The van der Waals surface area contributed by atoms with Gasteiger partial charge in [0.05, 0.1) is 24.5 Å². The predicted octanol–water partition coefficient (Wildman–Crippen LogP) is 2.86. The van der Waals surface area contributed by atoms with Gasteiger partial charge in [-0.2, -0.15) is 5.10 Å². The number of carbonyl (C=O) groups excluding carboxylic acids is 3. The zero-order valence-electron chi connectivity index (χ0n) is 16.6. The van der Waals surface area contributed by atoms with E-state index in [1.54, 1.807) is 55.6 Å². The summed E-state index contributed by atoms with van der Waals surface area (Å²) >= 11 is 0. The lowest BCUT2D eigenvalue weighted by atomic mass is 9.97. The molecule has 0 bridgehead atoms. The van der Waals surface area contributed by atoms with Crippen molar-refractivity contribution in [2.24, 2.45) is 11.0 Å². The lowest BCUT2D eigenvalue weighted by molar-refractivity contribution is -0.126. The first kappa shape index (κ1) is 20.3. The Morgan fingerprint density at radius 2 is 1.69 bits per heavy atom. The SMILES string of the molecule is CC[C@H](C)[C@@H](C(=O)N/N=C\c1ccc(OC)cc1)N1C(=O)c2ccccc2C1=O. The molecule has 29 heavy (non-hydrogen) atoms. The van der Waals surface area contributed by atoms with Crippen LogP contribution < -0.4 is 10.2 Å². The first-order valence-corrected chi connectivity index (χ1v) is 9.41. The summed E-state index contributed by atoms with van der Waals surface area (Å²) in [6.07, 6.45) is 2.11. The van der Waals surface area contributed by atoms with E-state index < -0.39 is 23.8 Å². The minimum absolute atomic E-state index is 0.228. The molecule has 0 aliphatic carbocycles. The van der Waals surface area contributed by atoms with E-state index >= 15 is 0 Å². The maximum Gasteiger partial charge on any atom is 0.263 e. The Labute approximate surface area is 169 Å². The molecule has 0 radical (unpaired) electrons. The van der Waals surface area contributed by atoms with Crippen molar-refractivity contribution in [2.45, 2.75) is 26.3 Å². The number of rotatable bonds is 7. The molecule has 0 fully saturated rings. The van der Waals surface area contributed by atoms with Crippen molar-refractivity contribution in [1.29, 1.82) is 0 Å². The molecule has 0 aromatic heterocycles. The van der Waals surface area contributed by atoms with E-state index in [9.17, 15) is 14.4 Å². The average Bonchev–Trinajstić information content (AvgIpc) is 2.99. The lowest BCUT2D eigenvalue weighted by Gasteiger charge is -2.28. The first-order valence-electron chi connectivity index (χ1n) is 9.41.